The Morgan fingerprint density at radius 3 is 2.59 bits per heavy atom. The molecular weight excluding hydrogens is 240 g/mol. The third kappa shape index (κ3) is 4.63. The quantitative estimate of drug-likeness (QED) is 0.684. The van der Waals surface area contributed by atoms with Gasteiger partial charge in [-0.25, -0.2) is 8.42 Å². The SMILES string of the molecule is CN(CCCCCN)C(=O)C1CCS(=O)(=O)C1. The molecule has 0 saturated carbocycles. The molecule has 100 valence electrons. The Morgan fingerprint density at radius 1 is 1.35 bits per heavy atom. The molecule has 0 aromatic heterocycles. The lowest BCUT2D eigenvalue weighted by molar-refractivity contribution is -0.133. The summed E-state index contributed by atoms with van der Waals surface area (Å²) in [6, 6.07) is 0. The molecule has 1 heterocycles. The van der Waals surface area contributed by atoms with Gasteiger partial charge in [0.15, 0.2) is 9.84 Å². The summed E-state index contributed by atoms with van der Waals surface area (Å²) >= 11 is 0. The summed E-state index contributed by atoms with van der Waals surface area (Å²) in [5, 5.41) is 0. The van der Waals surface area contributed by atoms with Gasteiger partial charge in [0.1, 0.15) is 0 Å². The lowest BCUT2D eigenvalue weighted by Gasteiger charge is -2.20. The van der Waals surface area contributed by atoms with Gasteiger partial charge in [-0.1, -0.05) is 6.42 Å². The molecule has 0 aromatic rings. The van der Waals surface area contributed by atoms with Gasteiger partial charge >= 0.3 is 0 Å². The number of hydrogen-bond donors (Lipinski definition) is 1. The number of rotatable bonds is 6. The fourth-order valence-electron chi connectivity index (χ4n) is 2.08. The van der Waals surface area contributed by atoms with E-state index in [9.17, 15) is 13.2 Å². The van der Waals surface area contributed by atoms with E-state index in [-0.39, 0.29) is 23.3 Å². The largest absolute Gasteiger partial charge is 0.345 e. The van der Waals surface area contributed by atoms with Gasteiger partial charge in [-0.05, 0) is 25.8 Å². The fraction of sp³-hybridized carbons (Fsp3) is 0.909. The molecular formula is C11H22N2O3S. The second-order valence-electron chi connectivity index (χ2n) is 4.71. The van der Waals surface area contributed by atoms with Crippen molar-refractivity contribution >= 4 is 15.7 Å². The van der Waals surface area contributed by atoms with E-state index in [1.54, 1.807) is 11.9 Å². The van der Waals surface area contributed by atoms with Crippen molar-refractivity contribution < 1.29 is 13.2 Å². The van der Waals surface area contributed by atoms with Crippen LogP contribution in [0.5, 0.6) is 0 Å². The van der Waals surface area contributed by atoms with Crippen LogP contribution in [0.3, 0.4) is 0 Å². The zero-order chi connectivity index (χ0) is 12.9. The molecule has 1 aliphatic heterocycles. The maximum Gasteiger partial charge on any atom is 0.226 e. The number of hydrogen-bond acceptors (Lipinski definition) is 4. The molecule has 0 aliphatic carbocycles. The molecule has 1 amide bonds. The second-order valence-corrected chi connectivity index (χ2v) is 6.94. The zero-order valence-corrected chi connectivity index (χ0v) is 11.2. The topological polar surface area (TPSA) is 80.5 Å². The Labute approximate surface area is 103 Å². The fourth-order valence-corrected chi connectivity index (χ4v) is 3.81. The van der Waals surface area contributed by atoms with E-state index >= 15 is 0 Å². The summed E-state index contributed by atoms with van der Waals surface area (Å²) in [5.41, 5.74) is 5.39. The molecule has 1 rings (SSSR count). The van der Waals surface area contributed by atoms with Crippen LogP contribution in [0.1, 0.15) is 25.7 Å². The van der Waals surface area contributed by atoms with E-state index in [4.69, 9.17) is 5.73 Å². The molecule has 1 atom stereocenters. The van der Waals surface area contributed by atoms with Crippen LogP contribution in [-0.4, -0.2) is 50.9 Å². The number of sulfone groups is 1. The van der Waals surface area contributed by atoms with E-state index in [1.807, 2.05) is 0 Å². The Bertz CT molecular complexity index is 354. The van der Waals surface area contributed by atoms with Gasteiger partial charge in [0.2, 0.25) is 5.91 Å². The van der Waals surface area contributed by atoms with E-state index in [0.717, 1.165) is 19.3 Å². The van der Waals surface area contributed by atoms with Crippen LogP contribution in [0.25, 0.3) is 0 Å². The average molecular weight is 262 g/mol. The van der Waals surface area contributed by atoms with Gasteiger partial charge in [-0.15, -0.1) is 0 Å². The predicted octanol–water partition coefficient (Wildman–Crippen LogP) is 0.00850. The Morgan fingerprint density at radius 2 is 2.06 bits per heavy atom. The van der Waals surface area contributed by atoms with Crippen molar-refractivity contribution in [1.29, 1.82) is 0 Å². The van der Waals surface area contributed by atoms with Gasteiger partial charge in [0.05, 0.1) is 17.4 Å². The molecule has 17 heavy (non-hydrogen) atoms. The van der Waals surface area contributed by atoms with Crippen molar-refractivity contribution in [3.63, 3.8) is 0 Å². The highest BCUT2D eigenvalue weighted by molar-refractivity contribution is 7.91. The smallest absolute Gasteiger partial charge is 0.226 e. The number of nitrogens with two attached hydrogens (primary N) is 1. The van der Waals surface area contributed by atoms with Crippen LogP contribution in [0, 0.1) is 5.92 Å². The first kappa shape index (κ1) is 14.4. The first-order valence-electron chi connectivity index (χ1n) is 6.12. The first-order chi connectivity index (χ1) is 7.96. The molecule has 1 fully saturated rings. The maximum atomic E-state index is 11.9. The summed E-state index contributed by atoms with van der Waals surface area (Å²) < 4.78 is 22.6. The summed E-state index contributed by atoms with van der Waals surface area (Å²) in [4.78, 5) is 13.6. The minimum Gasteiger partial charge on any atom is -0.345 e. The molecule has 1 saturated heterocycles. The second kappa shape index (κ2) is 6.35. The molecule has 2 N–H and O–H groups in total. The van der Waals surface area contributed by atoms with Gasteiger partial charge < -0.3 is 10.6 Å². The number of nitrogens with zero attached hydrogens (tertiary/aromatic N) is 1. The standard InChI is InChI=1S/C11H22N2O3S/c1-13(7-4-2-3-6-12)11(14)10-5-8-17(15,16)9-10/h10H,2-9,12H2,1H3. The lowest BCUT2D eigenvalue weighted by Crippen LogP contribution is -2.34. The van der Waals surface area contributed by atoms with Gasteiger partial charge in [-0.3, -0.25) is 4.79 Å². The van der Waals surface area contributed by atoms with Crippen LogP contribution in [0.15, 0.2) is 0 Å². The first-order valence-corrected chi connectivity index (χ1v) is 7.94. The third-order valence-electron chi connectivity index (χ3n) is 3.16. The van der Waals surface area contributed by atoms with E-state index in [2.05, 4.69) is 0 Å². The summed E-state index contributed by atoms with van der Waals surface area (Å²) in [7, 11) is -1.22. The van der Waals surface area contributed by atoms with Crippen molar-refractivity contribution in [3.05, 3.63) is 0 Å². The number of carbonyl (C=O) groups is 1. The zero-order valence-electron chi connectivity index (χ0n) is 10.4. The van der Waals surface area contributed by atoms with E-state index in [1.165, 1.54) is 0 Å². The van der Waals surface area contributed by atoms with Crippen LogP contribution in [-0.2, 0) is 14.6 Å². The third-order valence-corrected chi connectivity index (χ3v) is 4.92. The molecule has 5 nitrogen and oxygen atoms in total. The Kier molecular flexibility index (Phi) is 5.39. The van der Waals surface area contributed by atoms with Crippen molar-refractivity contribution in [1.82, 2.24) is 4.90 Å². The van der Waals surface area contributed by atoms with Crippen LogP contribution in [0.4, 0.5) is 0 Å². The van der Waals surface area contributed by atoms with Crippen molar-refractivity contribution in [2.45, 2.75) is 25.7 Å². The van der Waals surface area contributed by atoms with Gasteiger partial charge in [0, 0.05) is 13.6 Å². The highest BCUT2D eigenvalue weighted by Gasteiger charge is 2.34. The Balaban J connectivity index is 2.32. The molecule has 1 aliphatic rings. The van der Waals surface area contributed by atoms with Crippen molar-refractivity contribution in [3.8, 4) is 0 Å². The molecule has 6 heteroatoms. The number of unbranched alkanes of at least 4 members (excludes halogenated alkanes) is 2. The lowest BCUT2D eigenvalue weighted by atomic mass is 10.1. The highest BCUT2D eigenvalue weighted by atomic mass is 32.2. The van der Waals surface area contributed by atoms with Crippen LogP contribution >= 0.6 is 0 Å². The highest BCUT2D eigenvalue weighted by Crippen LogP contribution is 2.20. The molecule has 0 spiro atoms. The minimum atomic E-state index is -2.97. The van der Waals surface area contributed by atoms with Crippen LogP contribution < -0.4 is 5.73 Å². The van der Waals surface area contributed by atoms with Gasteiger partial charge in [-0.2, -0.15) is 0 Å². The number of carbonyl (C=O) groups excluding carboxylic acids is 1. The summed E-state index contributed by atoms with van der Waals surface area (Å²) in [6.07, 6.45) is 3.39. The summed E-state index contributed by atoms with van der Waals surface area (Å²) in [5.74, 6) is -0.165. The van der Waals surface area contributed by atoms with Crippen molar-refractivity contribution in [2.75, 3.05) is 31.6 Å². The van der Waals surface area contributed by atoms with Crippen LogP contribution in [0.2, 0.25) is 0 Å². The summed E-state index contributed by atoms with van der Waals surface area (Å²) in [6.45, 7) is 1.37. The maximum absolute atomic E-state index is 11.9. The minimum absolute atomic E-state index is 0.0268. The molecule has 0 aromatic carbocycles. The Hall–Kier alpha value is -0.620. The van der Waals surface area contributed by atoms with E-state index in [0.29, 0.717) is 19.5 Å². The molecule has 0 bridgehead atoms. The molecule has 1 unspecified atom stereocenters. The van der Waals surface area contributed by atoms with Gasteiger partial charge in [0.25, 0.3) is 0 Å². The predicted molar refractivity (Wildman–Crippen MR) is 67.3 cm³/mol. The normalized spacial score (nSPS) is 22.6. The van der Waals surface area contributed by atoms with Crippen molar-refractivity contribution in [2.24, 2.45) is 11.7 Å². The monoisotopic (exact) mass is 262 g/mol. The average Bonchev–Trinajstić information content (AvgIpc) is 2.64. The number of amides is 1. The molecule has 0 radical (unpaired) electrons. The van der Waals surface area contributed by atoms with E-state index < -0.39 is 9.84 Å².